The van der Waals surface area contributed by atoms with Crippen LogP contribution in [0.4, 0.5) is 0 Å². The molecule has 0 aromatic heterocycles. The van der Waals surface area contributed by atoms with Gasteiger partial charge in [-0.25, -0.2) is 0 Å². The Morgan fingerprint density at radius 1 is 1.44 bits per heavy atom. The molecule has 3 nitrogen and oxygen atoms in total. The van der Waals surface area contributed by atoms with Crippen LogP contribution in [0.5, 0.6) is 0 Å². The number of aliphatic hydroxyl groups is 1. The number of diazo groups is 1. The van der Waals surface area contributed by atoms with Gasteiger partial charge in [0.25, 0.3) is 0 Å². The van der Waals surface area contributed by atoms with Gasteiger partial charge in [0.05, 0.1) is 0 Å². The largest absolute Gasteiger partial charge is 0.505 e. The Bertz CT molecular complexity index is 396. The monoisotopic (exact) mass is 249 g/mol. The second-order valence-corrected chi connectivity index (χ2v) is 6.97. The molecule has 0 amide bonds. The Labute approximate surface area is 110 Å². The van der Waals surface area contributed by atoms with Crippen molar-refractivity contribution in [1.29, 1.82) is 5.39 Å². The van der Waals surface area contributed by atoms with Crippen LogP contribution in [-0.2, 0) is 0 Å². The van der Waals surface area contributed by atoms with E-state index in [1.807, 2.05) is 0 Å². The minimum absolute atomic E-state index is 0.194. The van der Waals surface area contributed by atoms with E-state index in [1.54, 1.807) is 0 Å². The zero-order chi connectivity index (χ0) is 13.5. The van der Waals surface area contributed by atoms with E-state index >= 15 is 0 Å². The second-order valence-electron chi connectivity index (χ2n) is 6.97. The molecule has 3 saturated carbocycles. The summed E-state index contributed by atoms with van der Waals surface area (Å²) >= 11 is 0. The minimum Gasteiger partial charge on any atom is -0.505 e. The average Bonchev–Trinajstić information content (AvgIpc) is 2.28. The molecule has 2 bridgehead atoms. The van der Waals surface area contributed by atoms with Crippen LogP contribution < -0.4 is 0 Å². The lowest BCUT2D eigenvalue weighted by atomic mass is 9.48. The second kappa shape index (κ2) is 4.57. The van der Waals surface area contributed by atoms with Gasteiger partial charge in [-0.15, -0.1) is 0 Å². The summed E-state index contributed by atoms with van der Waals surface area (Å²) in [6, 6.07) is 0. The average molecular weight is 249 g/mol. The first-order valence-corrected chi connectivity index (χ1v) is 7.14. The molecule has 3 fully saturated rings. The van der Waals surface area contributed by atoms with Crippen LogP contribution >= 0.6 is 0 Å². The molecule has 0 heterocycles. The minimum atomic E-state index is -0.194. The van der Waals surface area contributed by atoms with Crippen LogP contribution in [0.25, 0.3) is 4.98 Å². The molecule has 1 N–H and O–H groups in total. The number of rotatable bonds is 2. The van der Waals surface area contributed by atoms with E-state index in [0.29, 0.717) is 17.8 Å². The first-order chi connectivity index (χ1) is 8.40. The summed E-state index contributed by atoms with van der Waals surface area (Å²) in [5.74, 6) is 3.63. The smallest absolute Gasteiger partial charge is 0.387 e. The highest BCUT2D eigenvalue weighted by molar-refractivity contribution is 5.16. The number of hydrogen-bond donors (Lipinski definition) is 1. The van der Waals surface area contributed by atoms with Crippen molar-refractivity contribution in [3.63, 3.8) is 0 Å². The molecule has 3 rings (SSSR count). The molecule has 0 aromatic rings. The van der Waals surface area contributed by atoms with E-state index in [2.05, 4.69) is 32.7 Å². The SMILES string of the molecule is CC(C)[C@H]1C[C@@H]2[C@H](C)C[C@H]1C[C@@]2(C)/C(O)=C/[N+]#N. The van der Waals surface area contributed by atoms with E-state index in [4.69, 9.17) is 5.39 Å². The maximum atomic E-state index is 10.2. The molecule has 18 heavy (non-hydrogen) atoms. The maximum absolute atomic E-state index is 10.2. The zero-order valence-electron chi connectivity index (χ0n) is 11.9. The highest BCUT2D eigenvalue weighted by Gasteiger charge is 2.54. The highest BCUT2D eigenvalue weighted by atomic mass is 16.3. The fraction of sp³-hybridized carbons (Fsp3) is 0.867. The molecule has 5 atom stereocenters. The van der Waals surface area contributed by atoms with Gasteiger partial charge in [-0.2, -0.15) is 0 Å². The Balaban J connectivity index is 2.29. The molecule has 3 aliphatic rings. The van der Waals surface area contributed by atoms with Gasteiger partial charge in [-0.05, 0) is 48.9 Å². The molecule has 3 heteroatoms. The van der Waals surface area contributed by atoms with E-state index in [9.17, 15) is 5.11 Å². The summed E-state index contributed by atoms with van der Waals surface area (Å²) < 4.78 is 0. The molecule has 0 aromatic carbocycles. The van der Waals surface area contributed by atoms with E-state index < -0.39 is 0 Å². The molecule has 100 valence electrons. The standard InChI is InChI=1S/C15H24N2O/c1-9(2)12-6-13-10(3)5-11(12)7-15(13,4)14(18)8-17-16/h8-13H,5-7H2,1-4H3/p+1/b14-8-/t10-,11+,12-,13-,15-/m1/s1. The number of fused-ring (bicyclic) bond motifs is 3. The molecule has 0 aliphatic heterocycles. The topological polar surface area (TPSA) is 48.4 Å². The quantitative estimate of drug-likeness (QED) is 0.575. The number of allylic oxidation sites excluding steroid dienone is 1. The van der Waals surface area contributed by atoms with Crippen molar-refractivity contribution in [3.05, 3.63) is 16.9 Å². The summed E-state index contributed by atoms with van der Waals surface area (Å²) in [7, 11) is 0. The van der Waals surface area contributed by atoms with Crippen molar-refractivity contribution in [2.45, 2.75) is 47.0 Å². The third kappa shape index (κ3) is 1.92. The van der Waals surface area contributed by atoms with Crippen LogP contribution in [0.2, 0.25) is 0 Å². The van der Waals surface area contributed by atoms with Gasteiger partial charge in [-0.1, -0.05) is 27.7 Å². The van der Waals surface area contributed by atoms with Crippen molar-refractivity contribution in [2.75, 3.05) is 0 Å². The van der Waals surface area contributed by atoms with Crippen LogP contribution in [0.3, 0.4) is 0 Å². The summed E-state index contributed by atoms with van der Waals surface area (Å²) in [5, 5.41) is 18.9. The van der Waals surface area contributed by atoms with Gasteiger partial charge in [0.2, 0.25) is 5.39 Å². The predicted octanol–water partition coefficient (Wildman–Crippen LogP) is 4.58. The lowest BCUT2D eigenvalue weighted by Crippen LogP contribution is -2.50. The fourth-order valence-electron chi connectivity index (χ4n) is 4.67. The van der Waals surface area contributed by atoms with E-state index in [1.165, 1.54) is 19.0 Å². The van der Waals surface area contributed by atoms with Gasteiger partial charge in [0, 0.05) is 5.41 Å². The van der Waals surface area contributed by atoms with Crippen molar-refractivity contribution < 1.29 is 5.11 Å². The summed E-state index contributed by atoms with van der Waals surface area (Å²) in [6.07, 6.45) is 4.73. The van der Waals surface area contributed by atoms with E-state index in [0.717, 1.165) is 18.3 Å². The molecule has 0 radical (unpaired) electrons. The lowest BCUT2D eigenvalue weighted by molar-refractivity contribution is -0.0737. The fourth-order valence-corrected chi connectivity index (χ4v) is 4.67. The Hall–Kier alpha value is -1.04. The molecule has 3 aliphatic carbocycles. The predicted molar refractivity (Wildman–Crippen MR) is 72.2 cm³/mol. The van der Waals surface area contributed by atoms with Crippen LogP contribution in [0.1, 0.15) is 47.0 Å². The lowest BCUT2D eigenvalue weighted by Gasteiger charge is -2.56. The Kier molecular flexibility index (Phi) is 3.40. The number of aliphatic hydroxyl groups excluding tert-OH is 1. The van der Waals surface area contributed by atoms with Crippen LogP contribution in [0.15, 0.2) is 12.0 Å². The normalized spacial score (nSPS) is 44.1. The van der Waals surface area contributed by atoms with Gasteiger partial charge in [-0.3, -0.25) is 0 Å². The maximum Gasteiger partial charge on any atom is 0.387 e. The molecule has 0 spiro atoms. The highest BCUT2D eigenvalue weighted by Crippen LogP contribution is 2.60. The van der Waals surface area contributed by atoms with E-state index in [-0.39, 0.29) is 11.2 Å². The van der Waals surface area contributed by atoms with Crippen LogP contribution in [0, 0.1) is 40.4 Å². The van der Waals surface area contributed by atoms with Gasteiger partial charge in [0.1, 0.15) is 0 Å². The number of nitrogens with zero attached hydrogens (tertiary/aromatic N) is 2. The Morgan fingerprint density at radius 3 is 2.61 bits per heavy atom. The third-order valence-electron chi connectivity index (χ3n) is 5.62. The first-order valence-electron chi connectivity index (χ1n) is 7.14. The van der Waals surface area contributed by atoms with Crippen molar-refractivity contribution in [3.8, 4) is 0 Å². The van der Waals surface area contributed by atoms with Crippen molar-refractivity contribution in [1.82, 2.24) is 0 Å². The molecule has 0 saturated heterocycles. The summed E-state index contributed by atoms with van der Waals surface area (Å²) in [5.41, 5.74) is -0.194. The van der Waals surface area contributed by atoms with Crippen molar-refractivity contribution >= 4 is 0 Å². The molecular weight excluding hydrogens is 224 g/mol. The summed E-state index contributed by atoms with van der Waals surface area (Å²) in [6.45, 7) is 9.06. The molecular formula is C15H25N2O+. The zero-order valence-corrected chi connectivity index (χ0v) is 11.9. The molecule has 0 unspecified atom stereocenters. The van der Waals surface area contributed by atoms with Crippen LogP contribution in [-0.4, -0.2) is 5.11 Å². The van der Waals surface area contributed by atoms with Gasteiger partial charge >= 0.3 is 6.20 Å². The third-order valence-corrected chi connectivity index (χ3v) is 5.62. The first kappa shape index (κ1) is 13.4. The van der Waals surface area contributed by atoms with Crippen molar-refractivity contribution in [2.24, 2.45) is 35.0 Å². The Morgan fingerprint density at radius 2 is 2.11 bits per heavy atom. The van der Waals surface area contributed by atoms with Gasteiger partial charge in [0.15, 0.2) is 10.7 Å². The summed E-state index contributed by atoms with van der Waals surface area (Å²) in [4.78, 5) is 3.01. The number of hydrogen-bond acceptors (Lipinski definition) is 2. The van der Waals surface area contributed by atoms with Gasteiger partial charge < -0.3 is 5.11 Å².